The molecule has 6 heteroatoms. The van der Waals surface area contributed by atoms with Gasteiger partial charge in [-0.15, -0.1) is 0 Å². The van der Waals surface area contributed by atoms with Gasteiger partial charge in [0.05, 0.1) is 5.69 Å². The zero-order valence-corrected chi connectivity index (χ0v) is 14.5. The lowest BCUT2D eigenvalue weighted by Gasteiger charge is -2.30. The van der Waals surface area contributed by atoms with Crippen LogP contribution in [0.3, 0.4) is 0 Å². The molecule has 2 aromatic heterocycles. The van der Waals surface area contributed by atoms with E-state index in [9.17, 15) is 4.79 Å². The number of aromatic nitrogens is 4. The van der Waals surface area contributed by atoms with Gasteiger partial charge in [-0.1, -0.05) is 49.6 Å². The Labute approximate surface area is 146 Å². The summed E-state index contributed by atoms with van der Waals surface area (Å²) in [7, 11) is 2.12. The fourth-order valence-corrected chi connectivity index (χ4v) is 3.64. The van der Waals surface area contributed by atoms with E-state index in [4.69, 9.17) is 0 Å². The molecule has 1 aromatic carbocycles. The summed E-state index contributed by atoms with van der Waals surface area (Å²) in [5.41, 5.74) is 1.60. The van der Waals surface area contributed by atoms with E-state index < -0.39 is 0 Å². The van der Waals surface area contributed by atoms with E-state index in [1.54, 1.807) is 6.07 Å². The Bertz CT molecular complexity index is 908. The largest absolute Gasteiger partial charge is 0.298 e. The number of hydrogen-bond donors (Lipinski definition) is 1. The molecule has 25 heavy (non-hydrogen) atoms. The van der Waals surface area contributed by atoms with Crippen LogP contribution in [0, 0.1) is 0 Å². The van der Waals surface area contributed by atoms with Crippen LogP contribution < -0.4 is 5.56 Å². The Morgan fingerprint density at radius 1 is 1.16 bits per heavy atom. The van der Waals surface area contributed by atoms with Gasteiger partial charge in [0, 0.05) is 24.2 Å². The molecule has 2 heterocycles. The molecule has 0 aliphatic heterocycles. The number of hydrogen-bond acceptors (Lipinski definition) is 4. The van der Waals surface area contributed by atoms with Gasteiger partial charge in [0.15, 0.2) is 5.82 Å². The van der Waals surface area contributed by atoms with E-state index in [1.807, 2.05) is 30.3 Å². The molecule has 0 bridgehead atoms. The normalized spacial score (nSPS) is 15.9. The van der Waals surface area contributed by atoms with Gasteiger partial charge in [-0.3, -0.25) is 14.8 Å². The number of fused-ring (bicyclic) bond motifs is 1. The third-order valence-corrected chi connectivity index (χ3v) is 5.04. The van der Waals surface area contributed by atoms with Gasteiger partial charge in [0.2, 0.25) is 0 Å². The van der Waals surface area contributed by atoms with Crippen LogP contribution in [0.5, 0.6) is 0 Å². The van der Waals surface area contributed by atoms with Crippen molar-refractivity contribution in [2.45, 2.75) is 44.7 Å². The van der Waals surface area contributed by atoms with Crippen LogP contribution in [0.1, 0.15) is 37.8 Å². The van der Waals surface area contributed by atoms with E-state index in [1.165, 1.54) is 36.6 Å². The maximum absolute atomic E-state index is 12.4. The Kier molecular flexibility index (Phi) is 4.36. The van der Waals surface area contributed by atoms with Crippen molar-refractivity contribution in [3.8, 4) is 11.4 Å². The summed E-state index contributed by atoms with van der Waals surface area (Å²) in [5, 5.41) is 3.04. The summed E-state index contributed by atoms with van der Waals surface area (Å²) in [6, 6.07) is 12.0. The topological polar surface area (TPSA) is 66.3 Å². The second-order valence-corrected chi connectivity index (χ2v) is 6.87. The number of benzene rings is 1. The maximum Gasteiger partial charge on any atom is 0.274 e. The quantitative estimate of drug-likeness (QED) is 0.795. The summed E-state index contributed by atoms with van der Waals surface area (Å²) in [6.07, 6.45) is 6.40. The highest BCUT2D eigenvalue weighted by Crippen LogP contribution is 2.22. The fraction of sp³-hybridized carbons (Fsp3) is 0.421. The van der Waals surface area contributed by atoms with E-state index in [2.05, 4.69) is 27.0 Å². The summed E-state index contributed by atoms with van der Waals surface area (Å²) in [6.45, 7) is 0.684. The molecule has 0 unspecified atom stereocenters. The van der Waals surface area contributed by atoms with Crippen molar-refractivity contribution in [1.29, 1.82) is 0 Å². The minimum atomic E-state index is -0.119. The average Bonchev–Trinajstić information content (AvgIpc) is 3.08. The van der Waals surface area contributed by atoms with Crippen LogP contribution in [-0.2, 0) is 6.54 Å². The molecule has 1 N–H and O–H groups in total. The van der Waals surface area contributed by atoms with E-state index in [0.29, 0.717) is 24.2 Å². The molecule has 0 spiro atoms. The number of aromatic amines is 1. The summed E-state index contributed by atoms with van der Waals surface area (Å²) in [4.78, 5) is 23.9. The zero-order valence-electron chi connectivity index (χ0n) is 14.5. The van der Waals surface area contributed by atoms with Crippen molar-refractivity contribution in [3.05, 3.63) is 52.4 Å². The lowest BCUT2D eigenvalue weighted by atomic mass is 9.94. The average molecular weight is 337 g/mol. The summed E-state index contributed by atoms with van der Waals surface area (Å²) < 4.78 is 1.41. The third kappa shape index (κ3) is 3.35. The summed E-state index contributed by atoms with van der Waals surface area (Å²) >= 11 is 0. The lowest BCUT2D eigenvalue weighted by Crippen LogP contribution is -2.33. The molecule has 130 valence electrons. The molecule has 1 saturated carbocycles. The molecular formula is C19H23N5O. The Morgan fingerprint density at radius 2 is 1.92 bits per heavy atom. The van der Waals surface area contributed by atoms with Crippen molar-refractivity contribution < 1.29 is 0 Å². The van der Waals surface area contributed by atoms with Gasteiger partial charge in [-0.05, 0) is 19.9 Å². The van der Waals surface area contributed by atoms with Crippen LogP contribution in [0.25, 0.3) is 17.2 Å². The monoisotopic (exact) mass is 337 g/mol. The highest BCUT2D eigenvalue weighted by Gasteiger charge is 2.19. The fourth-order valence-electron chi connectivity index (χ4n) is 3.64. The third-order valence-electron chi connectivity index (χ3n) is 5.04. The number of rotatable bonds is 4. The van der Waals surface area contributed by atoms with E-state index >= 15 is 0 Å². The van der Waals surface area contributed by atoms with Crippen molar-refractivity contribution >= 4 is 5.78 Å². The Morgan fingerprint density at radius 3 is 2.68 bits per heavy atom. The van der Waals surface area contributed by atoms with Crippen molar-refractivity contribution in [2.75, 3.05) is 7.05 Å². The van der Waals surface area contributed by atoms with Crippen LogP contribution in [0.2, 0.25) is 0 Å². The van der Waals surface area contributed by atoms with Crippen LogP contribution >= 0.6 is 0 Å². The van der Waals surface area contributed by atoms with E-state index in [0.717, 1.165) is 11.3 Å². The molecule has 1 aliphatic carbocycles. The van der Waals surface area contributed by atoms with Crippen molar-refractivity contribution in [2.24, 2.45) is 0 Å². The molecule has 0 atom stereocenters. The predicted octanol–water partition coefficient (Wildman–Crippen LogP) is 2.85. The molecular weight excluding hydrogens is 314 g/mol. The number of nitrogens with zero attached hydrogens (tertiary/aromatic N) is 4. The van der Waals surface area contributed by atoms with E-state index in [-0.39, 0.29) is 5.56 Å². The van der Waals surface area contributed by atoms with Gasteiger partial charge in [0.25, 0.3) is 11.3 Å². The van der Waals surface area contributed by atoms with Gasteiger partial charge >= 0.3 is 0 Å². The zero-order chi connectivity index (χ0) is 17.2. The van der Waals surface area contributed by atoms with Gasteiger partial charge in [0.1, 0.15) is 0 Å². The predicted molar refractivity (Wildman–Crippen MR) is 97.4 cm³/mol. The first-order chi connectivity index (χ1) is 12.2. The minimum Gasteiger partial charge on any atom is -0.298 e. The molecule has 0 saturated heterocycles. The number of nitrogens with one attached hydrogen (secondary N) is 1. The van der Waals surface area contributed by atoms with Gasteiger partial charge in [-0.25, -0.2) is 4.98 Å². The molecule has 6 nitrogen and oxygen atoms in total. The summed E-state index contributed by atoms with van der Waals surface area (Å²) in [5.74, 6) is 1.08. The van der Waals surface area contributed by atoms with Crippen molar-refractivity contribution in [1.82, 2.24) is 24.5 Å². The number of H-pyrrole nitrogens is 1. The first kappa shape index (κ1) is 16.0. The Balaban J connectivity index is 1.61. The Hall–Kier alpha value is -2.47. The van der Waals surface area contributed by atoms with Gasteiger partial charge < -0.3 is 0 Å². The second-order valence-electron chi connectivity index (χ2n) is 6.87. The molecule has 4 rings (SSSR count). The molecule has 0 radical (unpaired) electrons. The smallest absolute Gasteiger partial charge is 0.274 e. The first-order valence-electron chi connectivity index (χ1n) is 8.95. The van der Waals surface area contributed by atoms with Crippen molar-refractivity contribution in [3.63, 3.8) is 0 Å². The highest BCUT2D eigenvalue weighted by atomic mass is 16.1. The molecule has 0 amide bonds. The lowest BCUT2D eigenvalue weighted by molar-refractivity contribution is 0.183. The second kappa shape index (κ2) is 6.80. The minimum absolute atomic E-state index is 0.119. The molecule has 1 aliphatic rings. The van der Waals surface area contributed by atoms with Crippen LogP contribution in [-0.4, -0.2) is 37.6 Å². The SMILES string of the molecule is CN(Cc1cc(=O)n2[nH]c(-c3ccccc3)nc2n1)C1CCCCC1. The standard InChI is InChI=1S/C19H23N5O/c1-23(16-10-6-3-7-11-16)13-15-12-17(25)24-19(20-15)21-18(22-24)14-8-4-2-5-9-14/h2,4-5,8-9,12,16H,3,6-7,10-11,13H2,1H3,(H,20,21,22). The molecule has 3 aromatic rings. The first-order valence-corrected chi connectivity index (χ1v) is 8.95. The molecule has 1 fully saturated rings. The van der Waals surface area contributed by atoms with Crippen LogP contribution in [0.15, 0.2) is 41.2 Å². The highest BCUT2D eigenvalue weighted by molar-refractivity contribution is 5.56. The van der Waals surface area contributed by atoms with Crippen LogP contribution in [0.4, 0.5) is 0 Å². The maximum atomic E-state index is 12.4. The van der Waals surface area contributed by atoms with Gasteiger partial charge in [-0.2, -0.15) is 9.50 Å².